The largest absolute Gasteiger partial charge is 0.301 e. The molecule has 0 unspecified atom stereocenters. The lowest BCUT2D eigenvalue weighted by atomic mass is 10.2. The van der Waals surface area contributed by atoms with E-state index < -0.39 is 0 Å². The minimum atomic E-state index is -0.155. The third kappa shape index (κ3) is 6.89. The Kier molecular flexibility index (Phi) is 7.83. The summed E-state index contributed by atoms with van der Waals surface area (Å²) >= 11 is 5.45. The van der Waals surface area contributed by atoms with Crippen LogP contribution in [0.2, 0.25) is 0 Å². The molecule has 2 heterocycles. The van der Waals surface area contributed by atoms with E-state index in [0.717, 1.165) is 11.4 Å². The predicted molar refractivity (Wildman–Crippen MR) is 117 cm³/mol. The van der Waals surface area contributed by atoms with Crippen LogP contribution < -0.4 is 10.6 Å². The zero-order valence-electron chi connectivity index (χ0n) is 14.9. The summed E-state index contributed by atoms with van der Waals surface area (Å²) in [6, 6.07) is 9.99. The number of benzene rings is 1. The quantitative estimate of drug-likeness (QED) is 0.376. The Balaban J connectivity index is 1.37. The summed E-state index contributed by atoms with van der Waals surface area (Å²) in [5, 5.41) is 16.3. The first kappa shape index (κ1) is 20.8. The van der Waals surface area contributed by atoms with Gasteiger partial charge in [0.1, 0.15) is 0 Å². The van der Waals surface area contributed by atoms with Crippen LogP contribution in [0.4, 0.5) is 10.3 Å². The second-order valence-electron chi connectivity index (χ2n) is 5.53. The Morgan fingerprint density at radius 2 is 1.79 bits per heavy atom. The molecule has 11 heteroatoms. The molecule has 2 N–H and O–H groups in total. The van der Waals surface area contributed by atoms with Gasteiger partial charge in [0, 0.05) is 11.1 Å². The number of carbonyl (C=O) groups excluding carboxylic acids is 2. The minimum absolute atomic E-state index is 0.120. The number of carbonyl (C=O) groups is 2. The highest BCUT2D eigenvalue weighted by Gasteiger charge is 2.11. The first-order valence-electron chi connectivity index (χ1n) is 8.18. The fourth-order valence-electron chi connectivity index (χ4n) is 2.00. The lowest BCUT2D eigenvalue weighted by Gasteiger charge is -2.02. The first-order valence-corrected chi connectivity index (χ1v) is 12.0. The highest BCUT2D eigenvalue weighted by molar-refractivity contribution is 8.01. The van der Waals surface area contributed by atoms with Gasteiger partial charge in [0.05, 0.1) is 17.2 Å². The third-order valence-corrected chi connectivity index (χ3v) is 7.04. The van der Waals surface area contributed by atoms with E-state index in [1.165, 1.54) is 51.8 Å². The van der Waals surface area contributed by atoms with Gasteiger partial charge < -0.3 is 5.32 Å². The molecule has 0 atom stereocenters. The highest BCUT2D eigenvalue weighted by atomic mass is 32.2. The molecule has 28 heavy (non-hydrogen) atoms. The SMILES string of the molecule is Cc1csc(NC(=O)CSc2nnc(NC(=O)CSCc3ccccc3)s2)n1. The number of aromatic nitrogens is 3. The lowest BCUT2D eigenvalue weighted by molar-refractivity contribution is -0.114. The fourth-order valence-corrected chi connectivity index (χ4v) is 5.06. The van der Waals surface area contributed by atoms with Crippen LogP contribution in [0, 0.1) is 6.92 Å². The number of nitrogens with zero attached hydrogens (tertiary/aromatic N) is 3. The zero-order valence-corrected chi connectivity index (χ0v) is 18.1. The van der Waals surface area contributed by atoms with Crippen molar-refractivity contribution in [2.45, 2.75) is 17.0 Å². The van der Waals surface area contributed by atoms with E-state index in [9.17, 15) is 9.59 Å². The van der Waals surface area contributed by atoms with Crippen molar-refractivity contribution in [1.82, 2.24) is 15.2 Å². The molecule has 3 aromatic rings. The molecule has 0 aliphatic carbocycles. The average Bonchev–Trinajstić information content (AvgIpc) is 3.29. The van der Waals surface area contributed by atoms with E-state index in [-0.39, 0.29) is 17.6 Å². The maximum absolute atomic E-state index is 12.0. The maximum atomic E-state index is 12.0. The van der Waals surface area contributed by atoms with Crippen LogP contribution in [0.5, 0.6) is 0 Å². The number of aryl methyl sites for hydroxylation is 1. The van der Waals surface area contributed by atoms with E-state index >= 15 is 0 Å². The standard InChI is InChI=1S/C17H17N5O2S4/c1-11-7-26-15(18-11)19-14(24)10-27-17-22-21-16(28-17)20-13(23)9-25-8-12-5-3-2-4-6-12/h2-7H,8-10H2,1H3,(H,18,19,24)(H,20,21,23). The summed E-state index contributed by atoms with van der Waals surface area (Å²) in [6.45, 7) is 1.87. The number of amides is 2. The molecule has 0 fully saturated rings. The Morgan fingerprint density at radius 3 is 2.54 bits per heavy atom. The Hall–Kier alpha value is -1.95. The van der Waals surface area contributed by atoms with Crippen LogP contribution in [0.25, 0.3) is 0 Å². The monoisotopic (exact) mass is 451 g/mol. The van der Waals surface area contributed by atoms with E-state index in [1.807, 2.05) is 42.6 Å². The van der Waals surface area contributed by atoms with Gasteiger partial charge >= 0.3 is 0 Å². The summed E-state index contributed by atoms with van der Waals surface area (Å²) in [5.74, 6) is 1.04. The molecule has 0 saturated heterocycles. The molecule has 0 radical (unpaired) electrons. The molecule has 2 amide bonds. The van der Waals surface area contributed by atoms with Crippen LogP contribution in [-0.2, 0) is 15.3 Å². The van der Waals surface area contributed by atoms with Crippen molar-refractivity contribution >= 4 is 68.3 Å². The number of thioether (sulfide) groups is 2. The van der Waals surface area contributed by atoms with Gasteiger partial charge in [-0.1, -0.05) is 53.4 Å². The smallest absolute Gasteiger partial charge is 0.236 e. The van der Waals surface area contributed by atoms with Crippen molar-refractivity contribution in [3.05, 3.63) is 47.0 Å². The van der Waals surface area contributed by atoms with E-state index in [2.05, 4.69) is 25.8 Å². The Bertz CT molecular complexity index is 929. The first-order chi connectivity index (χ1) is 13.6. The van der Waals surface area contributed by atoms with Crippen LogP contribution >= 0.6 is 46.2 Å². The summed E-state index contributed by atoms with van der Waals surface area (Å²) in [4.78, 5) is 28.1. The van der Waals surface area contributed by atoms with E-state index in [0.29, 0.717) is 20.4 Å². The third-order valence-electron chi connectivity index (χ3n) is 3.19. The van der Waals surface area contributed by atoms with E-state index in [4.69, 9.17) is 0 Å². The van der Waals surface area contributed by atoms with Gasteiger partial charge in [0.15, 0.2) is 9.47 Å². The minimum Gasteiger partial charge on any atom is -0.301 e. The fraction of sp³-hybridized carbons (Fsp3) is 0.235. The topological polar surface area (TPSA) is 96.9 Å². The van der Waals surface area contributed by atoms with Crippen molar-refractivity contribution in [1.29, 1.82) is 0 Å². The van der Waals surface area contributed by atoms with Gasteiger partial charge in [-0.3, -0.25) is 14.9 Å². The molecule has 146 valence electrons. The number of nitrogens with one attached hydrogen (secondary N) is 2. The van der Waals surface area contributed by atoms with Crippen LogP contribution in [0.15, 0.2) is 40.1 Å². The van der Waals surface area contributed by atoms with Crippen molar-refractivity contribution in [3.63, 3.8) is 0 Å². The van der Waals surface area contributed by atoms with E-state index in [1.54, 1.807) is 0 Å². The number of hydrogen-bond acceptors (Lipinski definition) is 9. The molecule has 0 aliphatic heterocycles. The van der Waals surface area contributed by atoms with Crippen LogP contribution in [-0.4, -0.2) is 38.5 Å². The van der Waals surface area contributed by atoms with Crippen molar-refractivity contribution in [2.24, 2.45) is 0 Å². The van der Waals surface area contributed by atoms with Gasteiger partial charge in [-0.25, -0.2) is 4.98 Å². The van der Waals surface area contributed by atoms with Gasteiger partial charge in [-0.2, -0.15) is 0 Å². The normalized spacial score (nSPS) is 10.6. The maximum Gasteiger partial charge on any atom is 0.236 e. The molecular formula is C17H17N5O2S4. The van der Waals surface area contributed by atoms with Crippen molar-refractivity contribution in [3.8, 4) is 0 Å². The Labute approximate surface area is 178 Å². The number of thiazole rings is 1. The van der Waals surface area contributed by atoms with Gasteiger partial charge in [0.25, 0.3) is 0 Å². The summed E-state index contributed by atoms with van der Waals surface area (Å²) in [5.41, 5.74) is 2.06. The molecule has 7 nitrogen and oxygen atoms in total. The van der Waals surface area contributed by atoms with Crippen molar-refractivity contribution in [2.75, 3.05) is 22.1 Å². The number of anilines is 2. The molecular weight excluding hydrogens is 434 g/mol. The van der Waals surface area contributed by atoms with Gasteiger partial charge in [0.2, 0.25) is 16.9 Å². The molecule has 0 bridgehead atoms. The van der Waals surface area contributed by atoms with Crippen LogP contribution in [0.1, 0.15) is 11.3 Å². The lowest BCUT2D eigenvalue weighted by Crippen LogP contribution is -2.14. The van der Waals surface area contributed by atoms with Gasteiger partial charge in [-0.05, 0) is 12.5 Å². The summed E-state index contributed by atoms with van der Waals surface area (Å²) < 4.78 is 0.623. The number of rotatable bonds is 9. The van der Waals surface area contributed by atoms with Crippen LogP contribution in [0.3, 0.4) is 0 Å². The Morgan fingerprint density at radius 1 is 1.04 bits per heavy atom. The summed E-state index contributed by atoms with van der Waals surface area (Å²) in [6.07, 6.45) is 0. The zero-order chi connectivity index (χ0) is 19.8. The number of hydrogen-bond donors (Lipinski definition) is 2. The van der Waals surface area contributed by atoms with Crippen molar-refractivity contribution < 1.29 is 9.59 Å². The molecule has 2 aromatic heterocycles. The second-order valence-corrected chi connectivity index (χ2v) is 9.57. The molecule has 0 spiro atoms. The average molecular weight is 452 g/mol. The molecule has 0 aliphatic rings. The highest BCUT2D eigenvalue weighted by Crippen LogP contribution is 2.26. The van der Waals surface area contributed by atoms with Gasteiger partial charge in [-0.15, -0.1) is 33.3 Å². The molecule has 1 aromatic carbocycles. The molecule has 3 rings (SSSR count). The second kappa shape index (κ2) is 10.6. The molecule has 0 saturated carbocycles. The predicted octanol–water partition coefficient (Wildman–Crippen LogP) is 3.91. The summed E-state index contributed by atoms with van der Waals surface area (Å²) in [7, 11) is 0.